The van der Waals surface area contributed by atoms with Gasteiger partial charge < -0.3 is 14.8 Å². The molecular weight excluding hydrogens is 324 g/mol. The minimum absolute atomic E-state index is 0.219. The van der Waals surface area contributed by atoms with Crippen molar-refractivity contribution in [2.45, 2.75) is 6.04 Å². The van der Waals surface area contributed by atoms with Crippen molar-refractivity contribution in [1.29, 1.82) is 0 Å². The number of benzene rings is 3. The van der Waals surface area contributed by atoms with E-state index in [1.165, 1.54) is 21.9 Å². The summed E-state index contributed by atoms with van der Waals surface area (Å²) in [5.41, 5.74) is 2.58. The molecule has 0 amide bonds. The van der Waals surface area contributed by atoms with E-state index in [2.05, 4.69) is 64.8 Å². The first-order valence-corrected chi connectivity index (χ1v) is 9.21. The van der Waals surface area contributed by atoms with Crippen LogP contribution in [0.3, 0.4) is 0 Å². The SMILES string of the molecule is c1ccc2cc(C(c3ccc4c(c3)OCO4)N3CCNCC3)ccc2c1. The lowest BCUT2D eigenvalue weighted by Crippen LogP contribution is -2.45. The highest BCUT2D eigenvalue weighted by molar-refractivity contribution is 5.83. The van der Waals surface area contributed by atoms with Crippen LogP contribution in [0.25, 0.3) is 10.8 Å². The van der Waals surface area contributed by atoms with Crippen molar-refractivity contribution in [2.24, 2.45) is 0 Å². The molecule has 1 unspecified atom stereocenters. The average Bonchev–Trinajstić information content (AvgIpc) is 3.17. The normalized spacial score (nSPS) is 18.2. The molecule has 4 nitrogen and oxygen atoms in total. The van der Waals surface area contributed by atoms with Gasteiger partial charge in [-0.1, -0.05) is 42.5 Å². The summed E-state index contributed by atoms with van der Waals surface area (Å²) < 4.78 is 11.1. The number of rotatable bonds is 3. The molecule has 0 radical (unpaired) electrons. The van der Waals surface area contributed by atoms with E-state index >= 15 is 0 Å². The van der Waals surface area contributed by atoms with Gasteiger partial charge in [-0.15, -0.1) is 0 Å². The number of ether oxygens (including phenoxy) is 2. The summed E-state index contributed by atoms with van der Waals surface area (Å²) in [5.74, 6) is 1.69. The van der Waals surface area contributed by atoms with Crippen LogP contribution < -0.4 is 14.8 Å². The molecule has 1 fully saturated rings. The number of piperazine rings is 1. The predicted molar refractivity (Wildman–Crippen MR) is 103 cm³/mol. The van der Waals surface area contributed by atoms with Gasteiger partial charge in [0.15, 0.2) is 11.5 Å². The highest BCUT2D eigenvalue weighted by Crippen LogP contribution is 2.38. The Labute approximate surface area is 153 Å². The summed E-state index contributed by atoms with van der Waals surface area (Å²) in [6.45, 7) is 4.42. The number of hydrogen-bond acceptors (Lipinski definition) is 4. The number of hydrogen-bond donors (Lipinski definition) is 1. The maximum atomic E-state index is 5.63. The van der Waals surface area contributed by atoms with Crippen LogP contribution in [-0.4, -0.2) is 37.9 Å². The van der Waals surface area contributed by atoms with Crippen molar-refractivity contribution in [3.63, 3.8) is 0 Å². The van der Waals surface area contributed by atoms with Crippen LogP contribution in [0.15, 0.2) is 60.7 Å². The zero-order valence-electron chi connectivity index (χ0n) is 14.7. The summed E-state index contributed by atoms with van der Waals surface area (Å²) in [4.78, 5) is 2.55. The Hall–Kier alpha value is -2.56. The molecule has 5 rings (SSSR count). The fourth-order valence-corrected chi connectivity index (χ4v) is 4.02. The standard InChI is InChI=1S/C22H22N2O2/c1-2-4-17-13-18(6-5-16(17)3-1)22(24-11-9-23-10-12-24)19-7-8-20-21(14-19)26-15-25-20/h1-8,13-14,22-23H,9-12,15H2. The third kappa shape index (κ3) is 2.81. The van der Waals surface area contributed by atoms with Crippen molar-refractivity contribution < 1.29 is 9.47 Å². The van der Waals surface area contributed by atoms with Crippen molar-refractivity contribution in [3.05, 3.63) is 71.8 Å². The second-order valence-electron chi connectivity index (χ2n) is 6.91. The van der Waals surface area contributed by atoms with E-state index in [-0.39, 0.29) is 6.04 Å². The van der Waals surface area contributed by atoms with Gasteiger partial charge in [-0.05, 0) is 40.1 Å². The Morgan fingerprint density at radius 3 is 2.38 bits per heavy atom. The Bertz CT molecular complexity index is 934. The van der Waals surface area contributed by atoms with Crippen molar-refractivity contribution in [3.8, 4) is 11.5 Å². The monoisotopic (exact) mass is 346 g/mol. The van der Waals surface area contributed by atoms with Gasteiger partial charge in [0.25, 0.3) is 0 Å². The molecule has 3 aromatic rings. The fraction of sp³-hybridized carbons (Fsp3) is 0.273. The van der Waals surface area contributed by atoms with E-state index in [1.807, 2.05) is 6.07 Å². The Morgan fingerprint density at radius 1 is 0.769 bits per heavy atom. The zero-order chi connectivity index (χ0) is 17.3. The third-order valence-electron chi connectivity index (χ3n) is 5.32. The minimum atomic E-state index is 0.219. The van der Waals surface area contributed by atoms with Crippen LogP contribution in [-0.2, 0) is 0 Å². The van der Waals surface area contributed by atoms with Crippen LogP contribution in [0.2, 0.25) is 0 Å². The number of fused-ring (bicyclic) bond motifs is 2. The first-order chi connectivity index (χ1) is 12.9. The van der Waals surface area contributed by atoms with Crippen LogP contribution in [0, 0.1) is 0 Å². The first kappa shape index (κ1) is 15.7. The van der Waals surface area contributed by atoms with Gasteiger partial charge in [-0.25, -0.2) is 0 Å². The van der Waals surface area contributed by atoms with Gasteiger partial charge in [-0.3, -0.25) is 4.90 Å². The molecule has 3 aromatic carbocycles. The van der Waals surface area contributed by atoms with E-state index in [4.69, 9.17) is 9.47 Å². The Morgan fingerprint density at radius 2 is 1.50 bits per heavy atom. The highest BCUT2D eigenvalue weighted by atomic mass is 16.7. The molecule has 2 aliphatic rings. The molecule has 0 aromatic heterocycles. The maximum Gasteiger partial charge on any atom is 0.231 e. The molecule has 132 valence electrons. The lowest BCUT2D eigenvalue weighted by Gasteiger charge is -2.35. The maximum absolute atomic E-state index is 5.63. The van der Waals surface area contributed by atoms with Crippen LogP contribution in [0.5, 0.6) is 11.5 Å². The van der Waals surface area contributed by atoms with Crippen molar-refractivity contribution in [1.82, 2.24) is 10.2 Å². The van der Waals surface area contributed by atoms with Crippen LogP contribution >= 0.6 is 0 Å². The van der Waals surface area contributed by atoms with Gasteiger partial charge in [0.1, 0.15) is 0 Å². The minimum Gasteiger partial charge on any atom is -0.454 e. The summed E-state index contributed by atoms with van der Waals surface area (Å²) in [5, 5.41) is 6.02. The summed E-state index contributed by atoms with van der Waals surface area (Å²) in [6, 6.07) is 21.9. The second kappa shape index (κ2) is 6.63. The predicted octanol–water partition coefficient (Wildman–Crippen LogP) is 3.56. The van der Waals surface area contributed by atoms with E-state index in [1.54, 1.807) is 0 Å². The lowest BCUT2D eigenvalue weighted by molar-refractivity contribution is 0.173. The van der Waals surface area contributed by atoms with Gasteiger partial charge in [-0.2, -0.15) is 0 Å². The second-order valence-corrected chi connectivity index (χ2v) is 6.91. The first-order valence-electron chi connectivity index (χ1n) is 9.21. The lowest BCUT2D eigenvalue weighted by atomic mass is 9.94. The molecule has 1 atom stereocenters. The quantitative estimate of drug-likeness (QED) is 0.786. The van der Waals surface area contributed by atoms with Crippen molar-refractivity contribution in [2.75, 3.05) is 33.0 Å². The summed E-state index contributed by atoms with van der Waals surface area (Å²) in [7, 11) is 0. The average molecular weight is 346 g/mol. The third-order valence-corrected chi connectivity index (χ3v) is 5.32. The van der Waals surface area contributed by atoms with Crippen LogP contribution in [0.1, 0.15) is 17.2 Å². The van der Waals surface area contributed by atoms with Crippen molar-refractivity contribution >= 4 is 10.8 Å². The van der Waals surface area contributed by atoms with E-state index in [0.29, 0.717) is 6.79 Å². The number of nitrogens with one attached hydrogen (secondary N) is 1. The Kier molecular flexibility index (Phi) is 4.00. The van der Waals surface area contributed by atoms with Gasteiger partial charge in [0, 0.05) is 26.2 Å². The molecular formula is C22H22N2O2. The molecule has 4 heteroatoms. The van der Waals surface area contributed by atoms with E-state index < -0.39 is 0 Å². The highest BCUT2D eigenvalue weighted by Gasteiger charge is 2.26. The fourth-order valence-electron chi connectivity index (χ4n) is 4.02. The molecule has 0 saturated carbocycles. The molecule has 2 aliphatic heterocycles. The van der Waals surface area contributed by atoms with Gasteiger partial charge in [0.2, 0.25) is 6.79 Å². The number of nitrogens with zero attached hydrogens (tertiary/aromatic N) is 1. The molecule has 0 spiro atoms. The van der Waals surface area contributed by atoms with Gasteiger partial charge >= 0.3 is 0 Å². The van der Waals surface area contributed by atoms with Gasteiger partial charge in [0.05, 0.1) is 6.04 Å². The molecule has 26 heavy (non-hydrogen) atoms. The molecule has 1 N–H and O–H groups in total. The largest absolute Gasteiger partial charge is 0.454 e. The summed E-state index contributed by atoms with van der Waals surface area (Å²) in [6.07, 6.45) is 0. The van der Waals surface area contributed by atoms with E-state index in [0.717, 1.165) is 37.7 Å². The summed E-state index contributed by atoms with van der Waals surface area (Å²) >= 11 is 0. The molecule has 0 aliphatic carbocycles. The molecule has 0 bridgehead atoms. The topological polar surface area (TPSA) is 33.7 Å². The zero-order valence-corrected chi connectivity index (χ0v) is 14.7. The smallest absolute Gasteiger partial charge is 0.231 e. The Balaban J connectivity index is 1.60. The van der Waals surface area contributed by atoms with Crippen LogP contribution in [0.4, 0.5) is 0 Å². The van der Waals surface area contributed by atoms with E-state index in [9.17, 15) is 0 Å². The molecule has 2 heterocycles. The molecule has 1 saturated heterocycles.